The third-order valence-corrected chi connectivity index (χ3v) is 3.44. The van der Waals surface area contributed by atoms with Gasteiger partial charge in [0.25, 0.3) is 0 Å². The standard InChI is InChI=1S/C13H14N4O3/c1-8(13(18)19)6-17-12(14-15-16-17)10-7-20-11-5-3-2-4-9(10)11/h2-5,8,10H,6-7H2,1H3,(H,18,19). The summed E-state index contributed by atoms with van der Waals surface area (Å²) in [5, 5.41) is 20.6. The van der Waals surface area contributed by atoms with Crippen LogP contribution >= 0.6 is 0 Å². The van der Waals surface area contributed by atoms with Gasteiger partial charge in [0.2, 0.25) is 0 Å². The number of para-hydroxylation sites is 1. The Morgan fingerprint density at radius 2 is 2.35 bits per heavy atom. The molecule has 3 rings (SSSR count). The molecule has 7 nitrogen and oxygen atoms in total. The number of hydrogen-bond acceptors (Lipinski definition) is 5. The van der Waals surface area contributed by atoms with Gasteiger partial charge in [0.05, 0.1) is 18.4 Å². The largest absolute Gasteiger partial charge is 0.492 e. The lowest BCUT2D eigenvalue weighted by atomic mass is 10.0. The van der Waals surface area contributed by atoms with Crippen molar-refractivity contribution >= 4 is 5.97 Å². The molecule has 7 heteroatoms. The minimum Gasteiger partial charge on any atom is -0.492 e. The van der Waals surface area contributed by atoms with Crippen LogP contribution in [0.2, 0.25) is 0 Å². The van der Waals surface area contributed by atoms with E-state index in [0.29, 0.717) is 12.4 Å². The SMILES string of the molecule is CC(Cn1nnnc1C1COc2ccccc21)C(=O)O. The lowest BCUT2D eigenvalue weighted by molar-refractivity contribution is -0.141. The van der Waals surface area contributed by atoms with Crippen molar-refractivity contribution < 1.29 is 14.6 Å². The van der Waals surface area contributed by atoms with Crippen LogP contribution < -0.4 is 4.74 Å². The Labute approximate surface area is 115 Å². The van der Waals surface area contributed by atoms with Crippen LogP contribution in [0.5, 0.6) is 5.75 Å². The molecule has 2 aromatic rings. The Bertz CT molecular complexity index is 640. The quantitative estimate of drug-likeness (QED) is 0.891. The van der Waals surface area contributed by atoms with Crippen molar-refractivity contribution in [1.29, 1.82) is 0 Å². The number of tetrazole rings is 1. The molecule has 0 saturated heterocycles. The molecule has 1 aliphatic heterocycles. The zero-order valence-electron chi connectivity index (χ0n) is 10.9. The van der Waals surface area contributed by atoms with Gasteiger partial charge >= 0.3 is 5.97 Å². The van der Waals surface area contributed by atoms with E-state index in [0.717, 1.165) is 11.3 Å². The highest BCUT2D eigenvalue weighted by molar-refractivity contribution is 5.69. The van der Waals surface area contributed by atoms with Crippen molar-refractivity contribution in [1.82, 2.24) is 20.2 Å². The summed E-state index contributed by atoms with van der Waals surface area (Å²) in [6.45, 7) is 2.35. The third kappa shape index (κ3) is 2.11. The van der Waals surface area contributed by atoms with Crippen LogP contribution in [-0.2, 0) is 11.3 Å². The monoisotopic (exact) mass is 274 g/mol. The van der Waals surface area contributed by atoms with Gasteiger partial charge in [0, 0.05) is 5.56 Å². The number of aliphatic carboxylic acids is 1. The van der Waals surface area contributed by atoms with Crippen molar-refractivity contribution in [2.75, 3.05) is 6.61 Å². The Balaban J connectivity index is 1.89. The zero-order chi connectivity index (χ0) is 14.1. The average Bonchev–Trinajstić information content (AvgIpc) is 3.04. The maximum atomic E-state index is 10.9. The highest BCUT2D eigenvalue weighted by atomic mass is 16.5. The normalized spacial score (nSPS) is 18.4. The second-order valence-corrected chi connectivity index (χ2v) is 4.86. The summed E-state index contributed by atoms with van der Waals surface area (Å²) < 4.78 is 7.17. The van der Waals surface area contributed by atoms with E-state index in [-0.39, 0.29) is 12.5 Å². The molecule has 2 atom stereocenters. The van der Waals surface area contributed by atoms with E-state index >= 15 is 0 Å². The number of carbonyl (C=O) groups is 1. The van der Waals surface area contributed by atoms with Crippen LogP contribution in [0.4, 0.5) is 0 Å². The number of ether oxygens (including phenoxy) is 1. The summed E-state index contributed by atoms with van der Waals surface area (Å²) in [5.41, 5.74) is 1.03. The number of fused-ring (bicyclic) bond motifs is 1. The van der Waals surface area contributed by atoms with E-state index in [1.807, 2.05) is 24.3 Å². The second-order valence-electron chi connectivity index (χ2n) is 4.86. The molecule has 0 fully saturated rings. The molecule has 1 N–H and O–H groups in total. The van der Waals surface area contributed by atoms with E-state index in [2.05, 4.69) is 15.5 Å². The number of benzene rings is 1. The average molecular weight is 274 g/mol. The molecule has 0 aliphatic carbocycles. The van der Waals surface area contributed by atoms with Gasteiger partial charge in [-0.1, -0.05) is 25.1 Å². The molecule has 1 aliphatic rings. The fourth-order valence-corrected chi connectivity index (χ4v) is 2.31. The number of carboxylic acid groups (broad SMARTS) is 1. The van der Waals surface area contributed by atoms with Crippen molar-refractivity contribution in [2.24, 2.45) is 5.92 Å². The summed E-state index contributed by atoms with van der Waals surface area (Å²) in [4.78, 5) is 10.9. The number of aromatic nitrogens is 4. The first-order valence-electron chi connectivity index (χ1n) is 6.37. The fourth-order valence-electron chi connectivity index (χ4n) is 2.31. The number of hydrogen-bond donors (Lipinski definition) is 1. The van der Waals surface area contributed by atoms with Crippen molar-refractivity contribution in [3.8, 4) is 5.75 Å². The summed E-state index contributed by atoms with van der Waals surface area (Å²) in [6.07, 6.45) is 0. The van der Waals surface area contributed by atoms with E-state index in [1.54, 1.807) is 11.6 Å². The number of rotatable bonds is 4. The molecule has 1 aromatic carbocycles. The van der Waals surface area contributed by atoms with E-state index < -0.39 is 11.9 Å². The molecule has 20 heavy (non-hydrogen) atoms. The van der Waals surface area contributed by atoms with Crippen LogP contribution in [0, 0.1) is 5.92 Å². The first-order chi connectivity index (χ1) is 9.66. The Morgan fingerprint density at radius 1 is 1.55 bits per heavy atom. The Kier molecular flexibility index (Phi) is 3.09. The van der Waals surface area contributed by atoms with E-state index in [1.165, 1.54) is 0 Å². The third-order valence-electron chi connectivity index (χ3n) is 3.44. The molecular formula is C13H14N4O3. The van der Waals surface area contributed by atoms with Gasteiger partial charge in [0.1, 0.15) is 12.4 Å². The number of nitrogens with zero attached hydrogens (tertiary/aromatic N) is 4. The van der Waals surface area contributed by atoms with Gasteiger partial charge in [0.15, 0.2) is 5.82 Å². The predicted molar refractivity (Wildman–Crippen MR) is 68.4 cm³/mol. The van der Waals surface area contributed by atoms with Crippen molar-refractivity contribution in [2.45, 2.75) is 19.4 Å². The molecule has 2 unspecified atom stereocenters. The Hall–Kier alpha value is -2.44. The van der Waals surface area contributed by atoms with Crippen LogP contribution in [0.1, 0.15) is 24.2 Å². The van der Waals surface area contributed by atoms with Crippen LogP contribution in [-0.4, -0.2) is 37.9 Å². The fraction of sp³-hybridized carbons (Fsp3) is 0.385. The topological polar surface area (TPSA) is 90.1 Å². The zero-order valence-corrected chi connectivity index (χ0v) is 10.9. The van der Waals surface area contributed by atoms with Crippen molar-refractivity contribution in [3.05, 3.63) is 35.7 Å². The summed E-state index contributed by atoms with van der Waals surface area (Å²) in [6, 6.07) is 7.74. The predicted octanol–water partition coefficient (Wildman–Crippen LogP) is 0.918. The summed E-state index contributed by atoms with van der Waals surface area (Å²) in [5.74, 6) is 0.00733. The summed E-state index contributed by atoms with van der Waals surface area (Å²) >= 11 is 0. The van der Waals surface area contributed by atoms with Gasteiger partial charge in [-0.2, -0.15) is 0 Å². The van der Waals surface area contributed by atoms with Crippen LogP contribution in [0.3, 0.4) is 0 Å². The van der Waals surface area contributed by atoms with Crippen LogP contribution in [0.15, 0.2) is 24.3 Å². The first-order valence-corrected chi connectivity index (χ1v) is 6.37. The van der Waals surface area contributed by atoms with Gasteiger partial charge in [-0.15, -0.1) is 5.10 Å². The minimum absolute atomic E-state index is 0.0535. The van der Waals surface area contributed by atoms with Gasteiger partial charge in [-0.25, -0.2) is 4.68 Å². The van der Waals surface area contributed by atoms with Crippen LogP contribution in [0.25, 0.3) is 0 Å². The lowest BCUT2D eigenvalue weighted by Gasteiger charge is -2.11. The highest BCUT2D eigenvalue weighted by Gasteiger charge is 2.30. The minimum atomic E-state index is -0.866. The smallest absolute Gasteiger partial charge is 0.308 e. The molecule has 0 radical (unpaired) electrons. The van der Waals surface area contributed by atoms with Gasteiger partial charge in [-0.3, -0.25) is 4.79 Å². The molecule has 0 bridgehead atoms. The lowest BCUT2D eigenvalue weighted by Crippen LogP contribution is -2.21. The molecule has 2 heterocycles. The summed E-state index contributed by atoms with van der Waals surface area (Å²) in [7, 11) is 0. The van der Waals surface area contributed by atoms with E-state index in [4.69, 9.17) is 9.84 Å². The number of carboxylic acids is 1. The van der Waals surface area contributed by atoms with Crippen molar-refractivity contribution in [3.63, 3.8) is 0 Å². The molecular weight excluding hydrogens is 260 g/mol. The maximum Gasteiger partial charge on any atom is 0.308 e. The van der Waals surface area contributed by atoms with E-state index in [9.17, 15) is 4.79 Å². The second kappa shape index (κ2) is 4.92. The van der Waals surface area contributed by atoms with Gasteiger partial charge in [-0.05, 0) is 16.5 Å². The van der Waals surface area contributed by atoms with Gasteiger partial charge < -0.3 is 9.84 Å². The molecule has 0 amide bonds. The maximum absolute atomic E-state index is 10.9. The highest BCUT2D eigenvalue weighted by Crippen LogP contribution is 2.36. The Morgan fingerprint density at radius 3 is 3.15 bits per heavy atom. The molecule has 104 valence electrons. The molecule has 0 spiro atoms. The molecule has 1 aromatic heterocycles. The molecule has 0 saturated carbocycles. The first kappa shape index (κ1) is 12.6.